The highest BCUT2D eigenvalue weighted by Crippen LogP contribution is 2.23. The van der Waals surface area contributed by atoms with E-state index in [4.69, 9.17) is 0 Å². The van der Waals surface area contributed by atoms with Crippen LogP contribution >= 0.6 is 0 Å². The number of rotatable bonds is 1. The van der Waals surface area contributed by atoms with E-state index in [0.717, 1.165) is 5.69 Å². The van der Waals surface area contributed by atoms with Crippen LogP contribution in [0.5, 0.6) is 0 Å². The molecule has 0 aliphatic rings. The highest BCUT2D eigenvalue weighted by Gasteiger charge is 2.13. The summed E-state index contributed by atoms with van der Waals surface area (Å²) < 4.78 is 14.6. The van der Waals surface area contributed by atoms with Crippen LogP contribution in [0.25, 0.3) is 5.69 Å². The molecule has 1 aromatic carbocycles. The van der Waals surface area contributed by atoms with Crippen LogP contribution in [0, 0.1) is 5.95 Å². The lowest BCUT2D eigenvalue weighted by Gasteiger charge is -2.19. The third-order valence-corrected chi connectivity index (χ3v) is 2.57. The van der Waals surface area contributed by atoms with E-state index in [2.05, 4.69) is 25.9 Å². The highest BCUT2D eigenvalue weighted by molar-refractivity contribution is 5.36. The minimum Gasteiger partial charge on any atom is -0.207 e. The fourth-order valence-electron chi connectivity index (χ4n) is 1.58. The summed E-state index contributed by atoms with van der Waals surface area (Å²) in [6.07, 6.45) is 1.45. The van der Waals surface area contributed by atoms with Gasteiger partial charge in [0.2, 0.25) is 5.95 Å². The van der Waals surface area contributed by atoms with Gasteiger partial charge in [-0.3, -0.25) is 0 Å². The van der Waals surface area contributed by atoms with Crippen molar-refractivity contribution in [3.05, 3.63) is 48.0 Å². The Morgan fingerprint density at radius 1 is 1.06 bits per heavy atom. The van der Waals surface area contributed by atoms with Gasteiger partial charge in [-0.1, -0.05) is 32.9 Å². The molecule has 16 heavy (non-hydrogen) atoms. The first-order valence-electron chi connectivity index (χ1n) is 5.29. The smallest absolute Gasteiger partial charge is 0.207 e. The average molecular weight is 218 g/mol. The molecule has 0 atom stereocenters. The largest absolute Gasteiger partial charge is 0.216 e. The van der Waals surface area contributed by atoms with Crippen molar-refractivity contribution in [1.82, 2.24) is 9.78 Å². The van der Waals surface area contributed by atoms with E-state index in [1.807, 2.05) is 24.3 Å². The monoisotopic (exact) mass is 218 g/mol. The Kier molecular flexibility index (Phi) is 2.54. The number of hydrogen-bond donors (Lipinski definition) is 0. The summed E-state index contributed by atoms with van der Waals surface area (Å²) in [7, 11) is 0. The molecule has 0 fully saturated rings. The predicted octanol–water partition coefficient (Wildman–Crippen LogP) is 3.31. The molecule has 2 rings (SSSR count). The van der Waals surface area contributed by atoms with Gasteiger partial charge in [0.05, 0.1) is 11.9 Å². The van der Waals surface area contributed by atoms with E-state index in [0.29, 0.717) is 0 Å². The van der Waals surface area contributed by atoms with Crippen LogP contribution in [0.15, 0.2) is 36.5 Å². The van der Waals surface area contributed by atoms with Crippen molar-refractivity contribution in [2.75, 3.05) is 0 Å². The van der Waals surface area contributed by atoms with Crippen LogP contribution in [0.3, 0.4) is 0 Å². The van der Waals surface area contributed by atoms with Crippen LogP contribution in [-0.4, -0.2) is 9.78 Å². The second-order valence-corrected chi connectivity index (χ2v) is 4.86. The Balaban J connectivity index is 2.37. The first-order valence-corrected chi connectivity index (χ1v) is 5.29. The van der Waals surface area contributed by atoms with E-state index >= 15 is 0 Å². The van der Waals surface area contributed by atoms with Gasteiger partial charge in [0.25, 0.3) is 0 Å². The molecule has 0 amide bonds. The molecule has 0 saturated heterocycles. The van der Waals surface area contributed by atoms with E-state index in [-0.39, 0.29) is 11.4 Å². The molecule has 0 unspecified atom stereocenters. The molecule has 0 aliphatic carbocycles. The van der Waals surface area contributed by atoms with Crippen LogP contribution in [0.2, 0.25) is 0 Å². The molecule has 0 N–H and O–H groups in total. The number of aromatic nitrogens is 2. The Bertz CT molecular complexity index is 477. The number of hydrogen-bond acceptors (Lipinski definition) is 1. The molecule has 1 aromatic heterocycles. The molecule has 2 nitrogen and oxygen atoms in total. The van der Waals surface area contributed by atoms with Gasteiger partial charge < -0.3 is 0 Å². The Morgan fingerprint density at radius 2 is 1.69 bits per heavy atom. The van der Waals surface area contributed by atoms with E-state index in [1.165, 1.54) is 22.5 Å². The molecule has 0 bridgehead atoms. The van der Waals surface area contributed by atoms with Gasteiger partial charge in [0.1, 0.15) is 0 Å². The third-order valence-electron chi connectivity index (χ3n) is 2.57. The van der Waals surface area contributed by atoms with Crippen molar-refractivity contribution in [2.24, 2.45) is 0 Å². The van der Waals surface area contributed by atoms with Gasteiger partial charge in [-0.15, -0.1) is 0 Å². The van der Waals surface area contributed by atoms with Crippen molar-refractivity contribution >= 4 is 0 Å². The maximum absolute atomic E-state index is 13.3. The molecule has 1 heterocycles. The van der Waals surface area contributed by atoms with Gasteiger partial charge in [-0.25, -0.2) is 4.68 Å². The maximum atomic E-state index is 13.3. The first kappa shape index (κ1) is 10.9. The van der Waals surface area contributed by atoms with Crippen molar-refractivity contribution in [3.63, 3.8) is 0 Å². The lowest BCUT2D eigenvalue weighted by Crippen LogP contribution is -2.11. The van der Waals surface area contributed by atoms with Crippen molar-refractivity contribution in [3.8, 4) is 5.69 Å². The van der Waals surface area contributed by atoms with Gasteiger partial charge in [0, 0.05) is 6.07 Å². The molecular weight excluding hydrogens is 203 g/mol. The summed E-state index contributed by atoms with van der Waals surface area (Å²) in [6, 6.07) is 9.14. The summed E-state index contributed by atoms with van der Waals surface area (Å²) in [4.78, 5) is 0. The summed E-state index contributed by atoms with van der Waals surface area (Å²) in [5.41, 5.74) is 2.08. The molecule has 3 heteroatoms. The normalized spacial score (nSPS) is 11.8. The molecule has 84 valence electrons. The van der Waals surface area contributed by atoms with Gasteiger partial charge in [0.15, 0.2) is 0 Å². The maximum Gasteiger partial charge on any atom is 0.216 e. The minimum atomic E-state index is -0.344. The summed E-state index contributed by atoms with van der Waals surface area (Å²) >= 11 is 0. The fourth-order valence-corrected chi connectivity index (χ4v) is 1.58. The lowest BCUT2D eigenvalue weighted by molar-refractivity contribution is 0.536. The standard InChI is InChI=1S/C13H15FN2/c1-13(2,3)10-4-6-11(7-5-10)16-12(14)8-9-15-16/h4-9H,1-3H3. The summed E-state index contributed by atoms with van der Waals surface area (Å²) in [6.45, 7) is 6.45. The van der Waals surface area contributed by atoms with Crippen LogP contribution in [0.4, 0.5) is 4.39 Å². The quantitative estimate of drug-likeness (QED) is 0.718. The Labute approximate surface area is 94.7 Å². The summed E-state index contributed by atoms with van der Waals surface area (Å²) in [5.74, 6) is -0.344. The predicted molar refractivity (Wildman–Crippen MR) is 62.2 cm³/mol. The second-order valence-electron chi connectivity index (χ2n) is 4.86. The van der Waals surface area contributed by atoms with Gasteiger partial charge in [-0.2, -0.15) is 9.49 Å². The summed E-state index contributed by atoms with van der Waals surface area (Å²) in [5, 5.41) is 3.92. The molecule has 0 radical (unpaired) electrons. The SMILES string of the molecule is CC(C)(C)c1ccc(-n2nccc2F)cc1. The topological polar surface area (TPSA) is 17.8 Å². The molecule has 0 spiro atoms. The van der Waals surface area contributed by atoms with Crippen molar-refractivity contribution < 1.29 is 4.39 Å². The van der Waals surface area contributed by atoms with E-state index in [9.17, 15) is 4.39 Å². The van der Waals surface area contributed by atoms with Crippen molar-refractivity contribution in [2.45, 2.75) is 26.2 Å². The number of benzene rings is 1. The van der Waals surface area contributed by atoms with Crippen LogP contribution in [-0.2, 0) is 5.41 Å². The Hall–Kier alpha value is -1.64. The number of halogens is 1. The zero-order valence-corrected chi connectivity index (χ0v) is 9.74. The van der Waals surface area contributed by atoms with Crippen LogP contribution in [0.1, 0.15) is 26.3 Å². The first-order chi connectivity index (χ1) is 7.48. The third kappa shape index (κ3) is 1.98. The van der Waals surface area contributed by atoms with E-state index < -0.39 is 0 Å². The molecular formula is C13H15FN2. The molecule has 0 aliphatic heterocycles. The average Bonchev–Trinajstić information content (AvgIpc) is 2.63. The van der Waals surface area contributed by atoms with E-state index in [1.54, 1.807) is 0 Å². The van der Waals surface area contributed by atoms with Gasteiger partial charge >= 0.3 is 0 Å². The molecule has 2 aromatic rings. The molecule has 0 saturated carbocycles. The minimum absolute atomic E-state index is 0.112. The highest BCUT2D eigenvalue weighted by atomic mass is 19.1. The van der Waals surface area contributed by atoms with Crippen molar-refractivity contribution in [1.29, 1.82) is 0 Å². The number of nitrogens with zero attached hydrogens (tertiary/aromatic N) is 2. The Morgan fingerprint density at radius 3 is 2.12 bits per heavy atom. The fraction of sp³-hybridized carbons (Fsp3) is 0.308. The zero-order chi connectivity index (χ0) is 11.8. The second kappa shape index (κ2) is 3.74. The zero-order valence-electron chi connectivity index (χ0n) is 9.74. The van der Waals surface area contributed by atoms with Crippen LogP contribution < -0.4 is 0 Å². The lowest BCUT2D eigenvalue weighted by atomic mass is 9.87. The van der Waals surface area contributed by atoms with Gasteiger partial charge in [-0.05, 0) is 23.1 Å².